The van der Waals surface area contributed by atoms with Crippen LogP contribution in [-0.2, 0) is 14.8 Å². The summed E-state index contributed by atoms with van der Waals surface area (Å²) in [6.45, 7) is 1.57. The van der Waals surface area contributed by atoms with E-state index in [-0.39, 0.29) is 17.0 Å². The quantitative estimate of drug-likeness (QED) is 0.882. The van der Waals surface area contributed by atoms with Crippen LogP contribution in [-0.4, -0.2) is 27.4 Å². The average Bonchev–Trinajstić information content (AvgIpc) is 2.31. The number of nitrogens with zero attached hydrogens (tertiary/aromatic N) is 1. The molecule has 19 heavy (non-hydrogen) atoms. The van der Waals surface area contributed by atoms with Crippen molar-refractivity contribution in [3.8, 4) is 6.07 Å². The SMILES string of the molecule is COC(C)CS(=O)(=O)Nc1c(F)cc(Br)cc1C#N. The predicted molar refractivity (Wildman–Crippen MR) is 72.7 cm³/mol. The number of rotatable bonds is 5. The minimum absolute atomic E-state index is 0.0967. The van der Waals surface area contributed by atoms with Crippen LogP contribution in [0.4, 0.5) is 10.1 Å². The van der Waals surface area contributed by atoms with E-state index >= 15 is 0 Å². The molecule has 1 aromatic rings. The first-order chi connectivity index (χ1) is 8.79. The van der Waals surface area contributed by atoms with Gasteiger partial charge in [0.25, 0.3) is 0 Å². The van der Waals surface area contributed by atoms with Crippen molar-refractivity contribution in [1.82, 2.24) is 0 Å². The van der Waals surface area contributed by atoms with Gasteiger partial charge >= 0.3 is 0 Å². The monoisotopic (exact) mass is 350 g/mol. The Morgan fingerprint density at radius 3 is 2.74 bits per heavy atom. The van der Waals surface area contributed by atoms with Crippen LogP contribution in [0.15, 0.2) is 16.6 Å². The zero-order chi connectivity index (χ0) is 14.6. The lowest BCUT2D eigenvalue weighted by Gasteiger charge is -2.13. The van der Waals surface area contributed by atoms with E-state index in [2.05, 4.69) is 20.7 Å². The van der Waals surface area contributed by atoms with Crippen molar-refractivity contribution in [3.63, 3.8) is 0 Å². The summed E-state index contributed by atoms with van der Waals surface area (Å²) >= 11 is 3.03. The summed E-state index contributed by atoms with van der Waals surface area (Å²) in [6, 6.07) is 4.15. The number of hydrogen-bond donors (Lipinski definition) is 1. The Morgan fingerprint density at radius 1 is 1.58 bits per heavy atom. The van der Waals surface area contributed by atoms with E-state index < -0.39 is 21.9 Å². The predicted octanol–water partition coefficient (Wildman–Crippen LogP) is 2.24. The number of methoxy groups -OCH3 is 1. The van der Waals surface area contributed by atoms with Gasteiger partial charge in [-0.2, -0.15) is 5.26 Å². The molecule has 0 bridgehead atoms. The molecule has 0 saturated heterocycles. The highest BCUT2D eigenvalue weighted by molar-refractivity contribution is 9.10. The largest absolute Gasteiger partial charge is 0.381 e. The highest BCUT2D eigenvalue weighted by Gasteiger charge is 2.20. The Morgan fingerprint density at radius 2 is 2.21 bits per heavy atom. The third-order valence-corrected chi connectivity index (χ3v) is 4.17. The van der Waals surface area contributed by atoms with Gasteiger partial charge in [-0.15, -0.1) is 0 Å². The number of ether oxygens (including phenoxy) is 1. The summed E-state index contributed by atoms with van der Waals surface area (Å²) in [5, 5.41) is 8.90. The normalized spacial score (nSPS) is 12.8. The Kier molecular flexibility index (Phi) is 5.29. The Hall–Kier alpha value is -1.17. The van der Waals surface area contributed by atoms with E-state index in [1.807, 2.05) is 0 Å². The molecule has 5 nitrogen and oxygen atoms in total. The molecule has 0 aliphatic heterocycles. The van der Waals surface area contributed by atoms with Crippen LogP contribution in [0.25, 0.3) is 0 Å². The second-order valence-corrected chi connectivity index (χ2v) is 6.53. The van der Waals surface area contributed by atoms with Gasteiger partial charge in [0.1, 0.15) is 17.6 Å². The zero-order valence-electron chi connectivity index (χ0n) is 10.3. The van der Waals surface area contributed by atoms with Gasteiger partial charge in [-0.3, -0.25) is 4.72 Å². The average molecular weight is 351 g/mol. The maximum absolute atomic E-state index is 13.7. The molecule has 8 heteroatoms. The minimum Gasteiger partial charge on any atom is -0.381 e. The van der Waals surface area contributed by atoms with Gasteiger partial charge in [0, 0.05) is 11.6 Å². The van der Waals surface area contributed by atoms with Crippen LogP contribution in [0.3, 0.4) is 0 Å². The van der Waals surface area contributed by atoms with Crippen LogP contribution in [0.2, 0.25) is 0 Å². The molecule has 0 saturated carbocycles. The molecule has 1 N–H and O–H groups in total. The summed E-state index contributed by atoms with van der Waals surface area (Å²) < 4.78 is 44.6. The molecule has 1 rings (SSSR count). The van der Waals surface area contributed by atoms with Gasteiger partial charge < -0.3 is 4.74 Å². The first-order valence-electron chi connectivity index (χ1n) is 5.21. The molecular formula is C11H12BrFN2O3S. The molecule has 0 radical (unpaired) electrons. The molecule has 0 aliphatic rings. The number of nitrogens with one attached hydrogen (secondary N) is 1. The second-order valence-electron chi connectivity index (χ2n) is 3.85. The number of halogens is 2. The second kappa shape index (κ2) is 6.32. The number of benzene rings is 1. The van der Waals surface area contributed by atoms with Crippen LogP contribution in [0.1, 0.15) is 12.5 Å². The third kappa shape index (κ3) is 4.45. The summed E-state index contributed by atoms with van der Waals surface area (Å²) in [7, 11) is -2.42. The van der Waals surface area contributed by atoms with Gasteiger partial charge in [-0.1, -0.05) is 15.9 Å². The van der Waals surface area contributed by atoms with E-state index in [0.717, 1.165) is 6.07 Å². The maximum Gasteiger partial charge on any atom is 0.235 e. The van der Waals surface area contributed by atoms with Crippen molar-refractivity contribution in [1.29, 1.82) is 5.26 Å². The van der Waals surface area contributed by atoms with Crippen molar-refractivity contribution < 1.29 is 17.5 Å². The Labute approximate surface area is 119 Å². The van der Waals surface area contributed by atoms with Crippen molar-refractivity contribution in [2.75, 3.05) is 17.6 Å². The summed E-state index contributed by atoms with van der Waals surface area (Å²) in [5.41, 5.74) is -0.450. The fourth-order valence-corrected chi connectivity index (χ4v) is 3.13. The van der Waals surface area contributed by atoms with E-state index in [1.165, 1.54) is 13.2 Å². The van der Waals surface area contributed by atoms with Crippen molar-refractivity contribution in [2.45, 2.75) is 13.0 Å². The molecule has 1 aromatic carbocycles. The first-order valence-corrected chi connectivity index (χ1v) is 7.66. The molecule has 1 atom stereocenters. The van der Waals surface area contributed by atoms with Crippen molar-refractivity contribution in [2.24, 2.45) is 0 Å². The molecule has 0 heterocycles. The van der Waals surface area contributed by atoms with Crippen LogP contribution >= 0.6 is 15.9 Å². The molecule has 0 aromatic heterocycles. The lowest BCUT2D eigenvalue weighted by Crippen LogP contribution is -2.26. The standard InChI is InChI=1S/C11H12BrFN2O3S/c1-7(18-2)6-19(16,17)15-11-8(5-14)3-9(12)4-10(11)13/h3-4,7,15H,6H2,1-2H3. The lowest BCUT2D eigenvalue weighted by molar-refractivity contribution is 0.136. The molecule has 1 unspecified atom stereocenters. The van der Waals surface area contributed by atoms with Crippen molar-refractivity contribution >= 4 is 31.6 Å². The van der Waals surface area contributed by atoms with Crippen LogP contribution < -0.4 is 4.72 Å². The minimum atomic E-state index is -3.80. The van der Waals surface area contributed by atoms with E-state index in [4.69, 9.17) is 10.00 Å². The van der Waals surface area contributed by atoms with E-state index in [0.29, 0.717) is 4.47 Å². The number of hydrogen-bond acceptors (Lipinski definition) is 4. The highest BCUT2D eigenvalue weighted by Crippen LogP contribution is 2.25. The summed E-state index contributed by atoms with van der Waals surface area (Å²) in [6.07, 6.45) is -0.540. The Bertz CT molecular complexity index is 613. The molecule has 0 aliphatic carbocycles. The van der Waals surface area contributed by atoms with E-state index in [9.17, 15) is 12.8 Å². The van der Waals surface area contributed by atoms with Gasteiger partial charge in [-0.25, -0.2) is 12.8 Å². The van der Waals surface area contributed by atoms with Crippen molar-refractivity contribution in [3.05, 3.63) is 28.0 Å². The maximum atomic E-state index is 13.7. The van der Waals surface area contributed by atoms with Gasteiger partial charge in [-0.05, 0) is 19.1 Å². The van der Waals surface area contributed by atoms with Crippen LogP contribution in [0.5, 0.6) is 0 Å². The smallest absolute Gasteiger partial charge is 0.235 e. The molecule has 0 fully saturated rings. The van der Waals surface area contributed by atoms with Gasteiger partial charge in [0.15, 0.2) is 0 Å². The lowest BCUT2D eigenvalue weighted by atomic mass is 10.2. The molecular weight excluding hydrogens is 339 g/mol. The summed E-state index contributed by atoms with van der Waals surface area (Å²) in [5.74, 6) is -1.15. The number of anilines is 1. The van der Waals surface area contributed by atoms with Gasteiger partial charge in [0.05, 0.1) is 17.4 Å². The van der Waals surface area contributed by atoms with E-state index in [1.54, 1.807) is 13.0 Å². The Balaban J connectivity index is 3.10. The summed E-state index contributed by atoms with van der Waals surface area (Å²) in [4.78, 5) is 0. The number of nitriles is 1. The molecule has 104 valence electrons. The number of sulfonamides is 1. The van der Waals surface area contributed by atoms with Gasteiger partial charge in [0.2, 0.25) is 10.0 Å². The molecule has 0 spiro atoms. The first kappa shape index (κ1) is 15.9. The fraction of sp³-hybridized carbons (Fsp3) is 0.364. The zero-order valence-corrected chi connectivity index (χ0v) is 12.7. The topological polar surface area (TPSA) is 79.2 Å². The third-order valence-electron chi connectivity index (χ3n) is 2.29. The molecule has 0 amide bonds. The highest BCUT2D eigenvalue weighted by atomic mass is 79.9. The fourth-order valence-electron chi connectivity index (χ4n) is 1.34. The van der Waals surface area contributed by atoms with Crippen LogP contribution in [0, 0.1) is 17.1 Å².